The van der Waals surface area contributed by atoms with E-state index in [-0.39, 0.29) is 12.5 Å². The van der Waals surface area contributed by atoms with E-state index in [1.54, 1.807) is 72.8 Å². The molecule has 3 aromatic rings. The molecule has 0 unspecified atom stereocenters. The highest BCUT2D eigenvalue weighted by Crippen LogP contribution is 2.18. The van der Waals surface area contributed by atoms with Gasteiger partial charge in [-0.2, -0.15) is 0 Å². The van der Waals surface area contributed by atoms with Crippen LogP contribution in [0.1, 0.15) is 128 Å². The van der Waals surface area contributed by atoms with Crippen molar-refractivity contribution in [3.05, 3.63) is 108 Å². The van der Waals surface area contributed by atoms with Gasteiger partial charge >= 0.3 is 11.9 Å². The maximum absolute atomic E-state index is 13.2. The standard InChI is InChI=1S/C39H51NO5/c1-2-3-4-5-6-7-8-9-10-11-12-13-23-30-36(45-39(43)34-28-21-16-22-29-34)35(40-37(41)32-24-17-14-18-25-32)31-44-38(42)33-26-19-15-20-27-33/h14-22,24-29,35-36H,2-13,23,30-31H2,1H3,(H,40,41)/t35-,36-/m0/s1. The Morgan fingerprint density at radius 1 is 0.556 bits per heavy atom. The molecule has 1 N–H and O–H groups in total. The molecule has 0 aliphatic rings. The third-order valence-corrected chi connectivity index (χ3v) is 8.06. The zero-order valence-corrected chi connectivity index (χ0v) is 27.0. The average molecular weight is 614 g/mol. The van der Waals surface area contributed by atoms with E-state index in [4.69, 9.17) is 9.47 Å². The molecule has 6 heteroatoms. The van der Waals surface area contributed by atoms with E-state index in [0.29, 0.717) is 23.1 Å². The Labute approximate surface area is 269 Å². The number of ether oxygens (including phenoxy) is 2. The molecular weight excluding hydrogens is 562 g/mol. The van der Waals surface area contributed by atoms with Crippen molar-refractivity contribution in [3.8, 4) is 0 Å². The zero-order valence-electron chi connectivity index (χ0n) is 27.0. The van der Waals surface area contributed by atoms with Crippen LogP contribution in [0.25, 0.3) is 0 Å². The second-order valence-corrected chi connectivity index (χ2v) is 11.8. The number of carbonyl (C=O) groups is 3. The van der Waals surface area contributed by atoms with Crippen molar-refractivity contribution in [3.63, 3.8) is 0 Å². The number of unbranched alkanes of at least 4 members (excludes halogenated alkanes) is 12. The van der Waals surface area contributed by atoms with E-state index in [0.717, 1.165) is 19.3 Å². The molecule has 3 rings (SSSR count). The lowest BCUT2D eigenvalue weighted by atomic mass is 10.0. The van der Waals surface area contributed by atoms with Crippen LogP contribution in [0.15, 0.2) is 91.0 Å². The van der Waals surface area contributed by atoms with Crippen molar-refractivity contribution in [1.29, 1.82) is 0 Å². The van der Waals surface area contributed by atoms with E-state index in [2.05, 4.69) is 12.2 Å². The summed E-state index contributed by atoms with van der Waals surface area (Å²) < 4.78 is 11.7. The summed E-state index contributed by atoms with van der Waals surface area (Å²) in [4.78, 5) is 39.2. The Morgan fingerprint density at radius 3 is 1.47 bits per heavy atom. The summed E-state index contributed by atoms with van der Waals surface area (Å²) in [6.07, 6.45) is 15.9. The first-order valence-electron chi connectivity index (χ1n) is 16.9. The van der Waals surface area contributed by atoms with E-state index >= 15 is 0 Å². The minimum atomic E-state index is -0.727. The fraction of sp³-hybridized carbons (Fsp3) is 0.462. The minimum Gasteiger partial charge on any atom is -0.460 e. The number of hydrogen-bond acceptors (Lipinski definition) is 5. The second-order valence-electron chi connectivity index (χ2n) is 11.8. The summed E-state index contributed by atoms with van der Waals surface area (Å²) in [5.74, 6) is -1.28. The van der Waals surface area contributed by atoms with Crippen molar-refractivity contribution in [2.24, 2.45) is 0 Å². The van der Waals surface area contributed by atoms with Crippen LogP contribution in [0.5, 0.6) is 0 Å². The molecule has 0 saturated heterocycles. The highest BCUT2D eigenvalue weighted by Gasteiger charge is 2.29. The SMILES string of the molecule is CCCCCCCCCCCCCCC[C@H](OC(=O)c1ccccc1)[C@H](COC(=O)c1ccccc1)NC(=O)c1ccccc1. The Hall–Kier alpha value is -3.93. The number of esters is 2. The van der Waals surface area contributed by atoms with Gasteiger partial charge in [0.05, 0.1) is 11.1 Å². The van der Waals surface area contributed by atoms with Crippen LogP contribution in [-0.2, 0) is 9.47 Å². The van der Waals surface area contributed by atoms with Crippen molar-refractivity contribution >= 4 is 17.8 Å². The lowest BCUT2D eigenvalue weighted by Crippen LogP contribution is -2.48. The number of carbonyl (C=O) groups excluding carboxylic acids is 3. The van der Waals surface area contributed by atoms with E-state index in [1.165, 1.54) is 64.2 Å². The molecule has 242 valence electrons. The van der Waals surface area contributed by atoms with Gasteiger partial charge < -0.3 is 14.8 Å². The topological polar surface area (TPSA) is 81.7 Å². The predicted octanol–water partition coefficient (Wildman–Crippen LogP) is 9.35. The first-order chi connectivity index (χ1) is 22.1. The lowest BCUT2D eigenvalue weighted by Gasteiger charge is -2.28. The highest BCUT2D eigenvalue weighted by molar-refractivity contribution is 5.94. The monoisotopic (exact) mass is 613 g/mol. The van der Waals surface area contributed by atoms with Crippen molar-refractivity contribution < 1.29 is 23.9 Å². The molecule has 0 heterocycles. The van der Waals surface area contributed by atoms with Gasteiger partial charge in [-0.15, -0.1) is 0 Å². The van der Waals surface area contributed by atoms with Crippen LogP contribution in [0, 0.1) is 0 Å². The first-order valence-corrected chi connectivity index (χ1v) is 16.9. The van der Waals surface area contributed by atoms with Crippen molar-refractivity contribution in [2.45, 2.75) is 109 Å². The summed E-state index contributed by atoms with van der Waals surface area (Å²) in [7, 11) is 0. The predicted molar refractivity (Wildman–Crippen MR) is 180 cm³/mol. The van der Waals surface area contributed by atoms with Gasteiger partial charge in [-0.1, -0.05) is 139 Å². The average Bonchev–Trinajstić information content (AvgIpc) is 3.09. The van der Waals surface area contributed by atoms with Crippen molar-refractivity contribution in [1.82, 2.24) is 5.32 Å². The van der Waals surface area contributed by atoms with Crippen molar-refractivity contribution in [2.75, 3.05) is 6.61 Å². The Kier molecular flexibility index (Phi) is 17.2. The summed E-state index contributed by atoms with van der Waals surface area (Å²) in [5, 5.41) is 3.00. The molecule has 0 aliphatic carbocycles. The quantitative estimate of drug-likeness (QED) is 0.0902. The summed E-state index contributed by atoms with van der Waals surface area (Å²) in [6, 6.07) is 25.7. The maximum Gasteiger partial charge on any atom is 0.338 e. The molecule has 0 spiro atoms. The number of hydrogen-bond donors (Lipinski definition) is 1. The largest absolute Gasteiger partial charge is 0.460 e. The number of rotatable bonds is 22. The van der Waals surface area contributed by atoms with Gasteiger partial charge in [0.2, 0.25) is 0 Å². The molecule has 6 nitrogen and oxygen atoms in total. The van der Waals surface area contributed by atoms with Crippen LogP contribution in [0.2, 0.25) is 0 Å². The van der Waals surface area contributed by atoms with Crippen LogP contribution >= 0.6 is 0 Å². The maximum atomic E-state index is 13.2. The van der Waals surface area contributed by atoms with Crippen LogP contribution < -0.4 is 5.32 Å². The Balaban J connectivity index is 1.60. The van der Waals surface area contributed by atoms with Gasteiger partial charge in [-0.25, -0.2) is 9.59 Å². The summed E-state index contributed by atoms with van der Waals surface area (Å²) in [6.45, 7) is 2.13. The first kappa shape index (κ1) is 35.5. The van der Waals surface area contributed by atoms with E-state index in [1.807, 2.05) is 18.2 Å². The van der Waals surface area contributed by atoms with Gasteiger partial charge in [0.25, 0.3) is 5.91 Å². The molecule has 0 fully saturated rings. The molecule has 1 amide bonds. The highest BCUT2D eigenvalue weighted by atomic mass is 16.6. The number of nitrogens with one attached hydrogen (secondary N) is 1. The van der Waals surface area contributed by atoms with Crippen LogP contribution in [0.3, 0.4) is 0 Å². The molecule has 3 aromatic carbocycles. The fourth-order valence-corrected chi connectivity index (χ4v) is 5.39. The molecule has 0 aromatic heterocycles. The van der Waals surface area contributed by atoms with Crippen LogP contribution in [0.4, 0.5) is 0 Å². The van der Waals surface area contributed by atoms with Crippen LogP contribution in [-0.4, -0.2) is 36.6 Å². The summed E-state index contributed by atoms with van der Waals surface area (Å²) >= 11 is 0. The molecule has 0 bridgehead atoms. The van der Waals surface area contributed by atoms with Gasteiger partial charge in [-0.05, 0) is 49.2 Å². The molecule has 0 saturated carbocycles. The second kappa shape index (κ2) is 21.7. The molecule has 0 radical (unpaired) electrons. The molecule has 0 aliphatic heterocycles. The third kappa shape index (κ3) is 14.1. The molecular formula is C39H51NO5. The smallest absolute Gasteiger partial charge is 0.338 e. The molecule has 45 heavy (non-hydrogen) atoms. The Morgan fingerprint density at radius 2 is 0.978 bits per heavy atom. The summed E-state index contributed by atoms with van der Waals surface area (Å²) in [5.41, 5.74) is 1.33. The zero-order chi connectivity index (χ0) is 32.0. The van der Waals surface area contributed by atoms with E-state index < -0.39 is 24.1 Å². The van der Waals surface area contributed by atoms with Gasteiger partial charge in [-0.3, -0.25) is 4.79 Å². The minimum absolute atomic E-state index is 0.127. The number of amides is 1. The lowest BCUT2D eigenvalue weighted by molar-refractivity contribution is 0.00274. The fourth-order valence-electron chi connectivity index (χ4n) is 5.39. The third-order valence-electron chi connectivity index (χ3n) is 8.06. The van der Waals surface area contributed by atoms with E-state index in [9.17, 15) is 14.4 Å². The number of benzene rings is 3. The van der Waals surface area contributed by atoms with Gasteiger partial charge in [0.1, 0.15) is 18.8 Å². The molecule has 2 atom stereocenters. The Bertz CT molecular complexity index is 1230. The van der Waals surface area contributed by atoms with Gasteiger partial charge in [0.15, 0.2) is 0 Å². The normalized spacial score (nSPS) is 12.2. The van der Waals surface area contributed by atoms with Gasteiger partial charge in [0, 0.05) is 5.56 Å².